The number of benzene rings is 2. The van der Waals surface area contributed by atoms with Gasteiger partial charge in [-0.25, -0.2) is 9.38 Å². The van der Waals surface area contributed by atoms with E-state index in [0.29, 0.717) is 31.6 Å². The molecule has 0 saturated heterocycles. The van der Waals surface area contributed by atoms with Gasteiger partial charge in [-0.05, 0) is 53.3 Å². The standard InChI is InChI=1S/C25H29FN3OP/c1-15(2)19-6-5-7-20(16(3)4)23(19)29-25(30)21-12-13-31-14-22(21)28-24(27)17-8-10-18(26)11-9-17/h5-13,15-16,31H,14H2,1-4H3,(H2,27,28)(H,29,30). The Balaban J connectivity index is 1.98. The second-order valence-electron chi connectivity index (χ2n) is 8.15. The van der Waals surface area contributed by atoms with E-state index in [1.54, 1.807) is 12.1 Å². The van der Waals surface area contributed by atoms with E-state index in [9.17, 15) is 9.18 Å². The summed E-state index contributed by atoms with van der Waals surface area (Å²) in [6.07, 6.45) is 2.46. The zero-order valence-electron chi connectivity index (χ0n) is 18.4. The van der Waals surface area contributed by atoms with Crippen LogP contribution in [0, 0.1) is 5.82 Å². The Morgan fingerprint density at radius 1 is 1.06 bits per heavy atom. The second kappa shape index (κ2) is 10.0. The fraction of sp³-hybridized carbons (Fsp3) is 0.280. The average Bonchev–Trinajstić information content (AvgIpc) is 2.74. The molecule has 2 aromatic carbocycles. The van der Waals surface area contributed by atoms with Crippen LogP contribution < -0.4 is 11.1 Å². The summed E-state index contributed by atoms with van der Waals surface area (Å²) >= 11 is 0. The van der Waals surface area contributed by atoms with Crippen molar-refractivity contribution in [3.05, 3.63) is 88.1 Å². The lowest BCUT2D eigenvalue weighted by molar-refractivity contribution is -0.112. The number of hydrogen-bond acceptors (Lipinski definition) is 2. The lowest BCUT2D eigenvalue weighted by Crippen LogP contribution is -2.20. The summed E-state index contributed by atoms with van der Waals surface area (Å²) in [5.74, 6) is 2.30. The summed E-state index contributed by atoms with van der Waals surface area (Å²) in [5, 5.41) is 3.16. The number of anilines is 1. The molecule has 2 aromatic rings. The molecule has 1 amide bonds. The number of nitrogens with one attached hydrogen (secondary N) is 1. The number of allylic oxidation sites excluding steroid dienone is 1. The Bertz CT molecular complexity index is 1030. The monoisotopic (exact) mass is 437 g/mol. The number of halogens is 1. The number of aliphatic imine (C=N–C) groups is 1. The number of carbonyl (C=O) groups is 1. The van der Waals surface area contributed by atoms with Crippen molar-refractivity contribution >= 4 is 26.0 Å². The molecule has 4 nitrogen and oxygen atoms in total. The Morgan fingerprint density at radius 3 is 2.26 bits per heavy atom. The number of amidine groups is 1. The van der Waals surface area contributed by atoms with Crippen molar-refractivity contribution in [2.45, 2.75) is 39.5 Å². The topological polar surface area (TPSA) is 67.5 Å². The molecule has 0 radical (unpaired) electrons. The first-order chi connectivity index (χ1) is 14.8. The van der Waals surface area contributed by atoms with Gasteiger partial charge in [-0.1, -0.05) is 60.3 Å². The van der Waals surface area contributed by atoms with Gasteiger partial charge >= 0.3 is 0 Å². The van der Waals surface area contributed by atoms with Crippen molar-refractivity contribution < 1.29 is 9.18 Å². The molecule has 162 valence electrons. The summed E-state index contributed by atoms with van der Waals surface area (Å²) in [6.45, 7) is 8.48. The molecule has 0 bridgehead atoms. The van der Waals surface area contributed by atoms with Crippen LogP contribution in [0.5, 0.6) is 0 Å². The lowest BCUT2D eigenvalue weighted by Gasteiger charge is -2.21. The molecule has 1 aliphatic heterocycles. The van der Waals surface area contributed by atoms with Gasteiger partial charge in [0.25, 0.3) is 5.91 Å². The predicted molar refractivity (Wildman–Crippen MR) is 130 cm³/mol. The third-order valence-corrected chi connectivity index (χ3v) is 6.14. The highest BCUT2D eigenvalue weighted by Gasteiger charge is 2.20. The fourth-order valence-corrected chi connectivity index (χ4v) is 4.37. The molecule has 3 rings (SSSR count). The van der Waals surface area contributed by atoms with Crippen LogP contribution in [-0.4, -0.2) is 17.9 Å². The molecule has 1 atom stereocenters. The van der Waals surface area contributed by atoms with Crippen LogP contribution in [0.25, 0.3) is 0 Å². The largest absolute Gasteiger partial charge is 0.383 e. The first kappa shape index (κ1) is 22.9. The summed E-state index contributed by atoms with van der Waals surface area (Å²) in [6, 6.07) is 12.0. The zero-order chi connectivity index (χ0) is 22.5. The van der Waals surface area contributed by atoms with Crippen LogP contribution in [-0.2, 0) is 4.79 Å². The van der Waals surface area contributed by atoms with E-state index >= 15 is 0 Å². The maximum Gasteiger partial charge on any atom is 0.257 e. The quantitative estimate of drug-likeness (QED) is 0.337. The Morgan fingerprint density at radius 2 is 1.68 bits per heavy atom. The van der Waals surface area contributed by atoms with E-state index in [2.05, 4.69) is 50.1 Å². The number of rotatable bonds is 6. The maximum atomic E-state index is 13.3. The maximum absolute atomic E-state index is 13.3. The van der Waals surface area contributed by atoms with Gasteiger partial charge in [-0.2, -0.15) is 0 Å². The van der Waals surface area contributed by atoms with Gasteiger partial charge in [0.15, 0.2) is 0 Å². The number of para-hydroxylation sites is 1. The molecular weight excluding hydrogens is 408 g/mol. The number of nitrogens with zero attached hydrogens (tertiary/aromatic N) is 1. The fourth-order valence-electron chi connectivity index (χ4n) is 3.50. The molecule has 0 fully saturated rings. The van der Waals surface area contributed by atoms with Crippen molar-refractivity contribution in [3.63, 3.8) is 0 Å². The van der Waals surface area contributed by atoms with Crippen molar-refractivity contribution in [2.75, 3.05) is 11.5 Å². The Labute approximate surface area is 185 Å². The minimum Gasteiger partial charge on any atom is -0.383 e. The number of hydrogen-bond donors (Lipinski definition) is 2. The van der Waals surface area contributed by atoms with Crippen LogP contribution >= 0.6 is 8.58 Å². The number of nitrogens with two attached hydrogens (primary N) is 1. The molecule has 0 spiro atoms. The van der Waals surface area contributed by atoms with E-state index in [4.69, 9.17) is 5.73 Å². The molecule has 6 heteroatoms. The SMILES string of the molecule is CC(C)c1cccc(C(C)C)c1NC(=O)C1=C(N=C(N)c2ccc(F)cc2)CPC=C1. The highest BCUT2D eigenvalue weighted by molar-refractivity contribution is 7.42. The number of carbonyl (C=O) groups excluding carboxylic acids is 1. The van der Waals surface area contributed by atoms with E-state index in [-0.39, 0.29) is 29.4 Å². The van der Waals surface area contributed by atoms with E-state index < -0.39 is 0 Å². The van der Waals surface area contributed by atoms with Crippen LogP contribution in [0.1, 0.15) is 56.2 Å². The van der Waals surface area contributed by atoms with E-state index in [0.717, 1.165) is 16.8 Å². The summed E-state index contributed by atoms with van der Waals surface area (Å²) in [5.41, 5.74) is 11.0. The van der Waals surface area contributed by atoms with Gasteiger partial charge in [0.2, 0.25) is 0 Å². The normalized spacial score (nSPS) is 15.3. The van der Waals surface area contributed by atoms with Gasteiger partial charge < -0.3 is 11.1 Å². The van der Waals surface area contributed by atoms with Gasteiger partial charge in [0.1, 0.15) is 11.7 Å². The molecule has 3 N–H and O–H groups in total. The van der Waals surface area contributed by atoms with Crippen LogP contribution in [0.2, 0.25) is 0 Å². The molecule has 1 unspecified atom stereocenters. The lowest BCUT2D eigenvalue weighted by atomic mass is 9.92. The summed E-state index contributed by atoms with van der Waals surface area (Å²) < 4.78 is 13.2. The Hall–Kier alpha value is -2.78. The minimum atomic E-state index is -0.331. The van der Waals surface area contributed by atoms with Crippen molar-refractivity contribution in [3.8, 4) is 0 Å². The highest BCUT2D eigenvalue weighted by Crippen LogP contribution is 2.34. The van der Waals surface area contributed by atoms with Crippen LogP contribution in [0.15, 0.2) is 70.6 Å². The number of amides is 1. The summed E-state index contributed by atoms with van der Waals surface area (Å²) in [4.78, 5) is 17.9. The van der Waals surface area contributed by atoms with E-state index in [1.807, 2.05) is 18.0 Å². The Kier molecular flexibility index (Phi) is 7.40. The first-order valence-corrected chi connectivity index (χ1v) is 11.7. The van der Waals surface area contributed by atoms with Gasteiger partial charge in [-0.15, -0.1) is 0 Å². The molecule has 31 heavy (non-hydrogen) atoms. The molecule has 1 aliphatic rings. The van der Waals surface area contributed by atoms with Crippen molar-refractivity contribution in [1.82, 2.24) is 0 Å². The van der Waals surface area contributed by atoms with Gasteiger partial charge in [0.05, 0.1) is 11.3 Å². The molecule has 0 saturated carbocycles. The van der Waals surface area contributed by atoms with Crippen molar-refractivity contribution in [2.24, 2.45) is 10.7 Å². The average molecular weight is 437 g/mol. The van der Waals surface area contributed by atoms with Crippen molar-refractivity contribution in [1.29, 1.82) is 0 Å². The third kappa shape index (κ3) is 5.48. The van der Waals surface area contributed by atoms with Gasteiger partial charge in [0, 0.05) is 17.4 Å². The molecule has 1 heterocycles. The summed E-state index contributed by atoms with van der Waals surface area (Å²) in [7, 11) is 0.530. The van der Waals surface area contributed by atoms with E-state index in [1.165, 1.54) is 12.1 Å². The third-order valence-electron chi connectivity index (χ3n) is 5.20. The second-order valence-corrected chi connectivity index (χ2v) is 9.25. The van der Waals surface area contributed by atoms with Crippen LogP contribution in [0.4, 0.5) is 10.1 Å². The van der Waals surface area contributed by atoms with Crippen LogP contribution in [0.3, 0.4) is 0 Å². The molecule has 0 aromatic heterocycles. The van der Waals surface area contributed by atoms with Gasteiger partial charge in [-0.3, -0.25) is 4.79 Å². The molecule has 0 aliphatic carbocycles. The predicted octanol–water partition coefficient (Wildman–Crippen LogP) is 5.88. The molecular formula is C25H29FN3OP. The highest BCUT2D eigenvalue weighted by atomic mass is 31.1. The zero-order valence-corrected chi connectivity index (χ0v) is 19.4. The minimum absolute atomic E-state index is 0.193. The first-order valence-electron chi connectivity index (χ1n) is 10.4. The smallest absolute Gasteiger partial charge is 0.257 e.